The van der Waals surface area contributed by atoms with E-state index in [1.807, 2.05) is 36.6 Å². The maximum absolute atomic E-state index is 13.1. The Hall–Kier alpha value is -2.69. The number of hydrogen-bond acceptors (Lipinski definition) is 5. The molecule has 1 aromatic heterocycles. The van der Waals surface area contributed by atoms with Crippen LogP contribution < -0.4 is 4.31 Å². The standard InChI is InChI=1S/C19H15N3O2S2/c1-13-21-17(12-25-13)14-6-7-18-15(10-14)8-9-22(18)26(23,24)19-5-3-2-4-16(19)11-20/h2-7,10,12H,8-9H2,1H3. The van der Waals surface area contributed by atoms with Gasteiger partial charge in [0.15, 0.2) is 0 Å². The number of nitrogens with zero attached hydrogens (tertiary/aromatic N) is 3. The van der Waals surface area contributed by atoms with Gasteiger partial charge in [-0.1, -0.05) is 18.2 Å². The van der Waals surface area contributed by atoms with Crippen molar-refractivity contribution < 1.29 is 8.42 Å². The van der Waals surface area contributed by atoms with Crippen LogP contribution in [0.4, 0.5) is 5.69 Å². The van der Waals surface area contributed by atoms with Gasteiger partial charge in [0.05, 0.1) is 22.0 Å². The normalized spacial score (nSPS) is 13.5. The molecule has 0 unspecified atom stereocenters. The minimum Gasteiger partial charge on any atom is -0.266 e. The van der Waals surface area contributed by atoms with Gasteiger partial charge in [0.1, 0.15) is 11.0 Å². The minimum atomic E-state index is -3.77. The number of benzene rings is 2. The quantitative estimate of drug-likeness (QED) is 0.693. The number of anilines is 1. The molecule has 0 aliphatic carbocycles. The molecule has 0 N–H and O–H groups in total. The number of sulfonamides is 1. The monoisotopic (exact) mass is 381 g/mol. The second kappa shape index (κ2) is 6.24. The molecule has 1 aliphatic heterocycles. The van der Waals surface area contributed by atoms with Crippen LogP contribution in [-0.4, -0.2) is 19.9 Å². The summed E-state index contributed by atoms with van der Waals surface area (Å²) in [5.74, 6) is 0. The molecule has 7 heteroatoms. The van der Waals surface area contributed by atoms with E-state index < -0.39 is 10.0 Å². The Morgan fingerprint density at radius 3 is 2.77 bits per heavy atom. The zero-order valence-electron chi connectivity index (χ0n) is 14.0. The highest BCUT2D eigenvalue weighted by molar-refractivity contribution is 7.93. The van der Waals surface area contributed by atoms with Crippen molar-refractivity contribution in [1.82, 2.24) is 4.98 Å². The van der Waals surface area contributed by atoms with Gasteiger partial charge in [0, 0.05) is 17.5 Å². The largest absolute Gasteiger partial charge is 0.266 e. The van der Waals surface area contributed by atoms with Crippen LogP contribution in [0.5, 0.6) is 0 Å². The molecule has 0 saturated carbocycles. The first-order chi connectivity index (χ1) is 12.5. The number of aromatic nitrogens is 1. The number of thiazole rings is 1. The number of nitriles is 1. The highest BCUT2D eigenvalue weighted by Gasteiger charge is 2.32. The minimum absolute atomic E-state index is 0.0505. The van der Waals surface area contributed by atoms with E-state index in [-0.39, 0.29) is 10.5 Å². The molecule has 130 valence electrons. The molecule has 0 fully saturated rings. The van der Waals surface area contributed by atoms with Crippen molar-refractivity contribution in [2.75, 3.05) is 10.8 Å². The average Bonchev–Trinajstić information content (AvgIpc) is 3.27. The van der Waals surface area contributed by atoms with E-state index in [2.05, 4.69) is 4.98 Å². The SMILES string of the molecule is Cc1nc(-c2ccc3c(c2)CCN3S(=O)(=O)c2ccccc2C#N)cs1. The molecule has 2 aromatic carbocycles. The summed E-state index contributed by atoms with van der Waals surface area (Å²) in [7, 11) is -3.77. The van der Waals surface area contributed by atoms with Gasteiger partial charge in [0.2, 0.25) is 0 Å². The molecule has 26 heavy (non-hydrogen) atoms. The maximum atomic E-state index is 13.1. The third-order valence-electron chi connectivity index (χ3n) is 4.42. The smallest absolute Gasteiger partial charge is 0.265 e. The molecule has 5 nitrogen and oxygen atoms in total. The van der Waals surface area contributed by atoms with Crippen molar-refractivity contribution in [3.8, 4) is 17.3 Å². The number of rotatable bonds is 3. The van der Waals surface area contributed by atoms with Gasteiger partial charge in [-0.15, -0.1) is 11.3 Å². The Morgan fingerprint density at radius 1 is 1.23 bits per heavy atom. The molecule has 3 aromatic rings. The van der Waals surface area contributed by atoms with Crippen molar-refractivity contribution in [3.05, 3.63) is 64.0 Å². The first-order valence-corrected chi connectivity index (χ1v) is 10.4. The maximum Gasteiger partial charge on any atom is 0.265 e. The van der Waals surface area contributed by atoms with Gasteiger partial charge in [-0.3, -0.25) is 4.31 Å². The van der Waals surface area contributed by atoms with E-state index in [0.717, 1.165) is 21.8 Å². The summed E-state index contributed by atoms with van der Waals surface area (Å²) in [4.78, 5) is 4.55. The number of aryl methyl sites for hydroxylation is 1. The van der Waals surface area contributed by atoms with Crippen LogP contribution in [0.25, 0.3) is 11.3 Å². The molecule has 0 spiro atoms. The van der Waals surface area contributed by atoms with Gasteiger partial charge >= 0.3 is 0 Å². The zero-order valence-corrected chi connectivity index (χ0v) is 15.6. The molecule has 2 heterocycles. The van der Waals surface area contributed by atoms with Crippen LogP contribution in [0.3, 0.4) is 0 Å². The fourth-order valence-electron chi connectivity index (χ4n) is 3.18. The van der Waals surface area contributed by atoms with Crippen LogP contribution in [0, 0.1) is 18.3 Å². The Kier molecular flexibility index (Phi) is 4.02. The third-order valence-corrected chi connectivity index (χ3v) is 7.07. The molecule has 0 atom stereocenters. The van der Waals surface area contributed by atoms with E-state index in [0.29, 0.717) is 18.7 Å². The lowest BCUT2D eigenvalue weighted by atomic mass is 10.1. The zero-order chi connectivity index (χ0) is 18.3. The molecule has 1 aliphatic rings. The van der Waals surface area contributed by atoms with Gasteiger partial charge in [-0.05, 0) is 43.2 Å². The molecule has 0 saturated heterocycles. The van der Waals surface area contributed by atoms with E-state index >= 15 is 0 Å². The Morgan fingerprint density at radius 2 is 2.04 bits per heavy atom. The van der Waals surface area contributed by atoms with E-state index in [1.54, 1.807) is 23.5 Å². The second-order valence-electron chi connectivity index (χ2n) is 6.03. The first kappa shape index (κ1) is 16.8. The van der Waals surface area contributed by atoms with Crippen molar-refractivity contribution >= 4 is 27.0 Å². The van der Waals surface area contributed by atoms with Crippen molar-refractivity contribution in [2.24, 2.45) is 0 Å². The van der Waals surface area contributed by atoms with Crippen molar-refractivity contribution in [3.63, 3.8) is 0 Å². The van der Waals surface area contributed by atoms with Crippen LogP contribution in [-0.2, 0) is 16.4 Å². The molecule has 4 rings (SSSR count). The van der Waals surface area contributed by atoms with Gasteiger partial charge in [-0.25, -0.2) is 13.4 Å². The van der Waals surface area contributed by atoms with Crippen LogP contribution in [0.2, 0.25) is 0 Å². The fourth-order valence-corrected chi connectivity index (χ4v) is 5.45. The predicted octanol–water partition coefficient (Wildman–Crippen LogP) is 3.74. The molecular weight excluding hydrogens is 366 g/mol. The molecular formula is C19H15N3O2S2. The van der Waals surface area contributed by atoms with Crippen LogP contribution in [0.15, 0.2) is 52.7 Å². The molecule has 0 bridgehead atoms. The number of fused-ring (bicyclic) bond motifs is 1. The lowest BCUT2D eigenvalue weighted by molar-refractivity contribution is 0.592. The molecule has 0 radical (unpaired) electrons. The lowest BCUT2D eigenvalue weighted by Gasteiger charge is -2.20. The predicted molar refractivity (Wildman–Crippen MR) is 102 cm³/mol. The fraction of sp³-hybridized carbons (Fsp3) is 0.158. The Bertz CT molecular complexity index is 1140. The van der Waals surface area contributed by atoms with Crippen LogP contribution in [0.1, 0.15) is 16.1 Å². The van der Waals surface area contributed by atoms with Gasteiger partial charge < -0.3 is 0 Å². The Labute approximate surface area is 156 Å². The van der Waals surface area contributed by atoms with Gasteiger partial charge in [-0.2, -0.15) is 5.26 Å². The molecule has 0 amide bonds. The topological polar surface area (TPSA) is 74.1 Å². The summed E-state index contributed by atoms with van der Waals surface area (Å²) in [5.41, 5.74) is 3.71. The highest BCUT2D eigenvalue weighted by Crippen LogP contribution is 2.36. The van der Waals surface area contributed by atoms with Crippen molar-refractivity contribution in [2.45, 2.75) is 18.2 Å². The second-order valence-corrected chi connectivity index (χ2v) is 8.92. The summed E-state index contributed by atoms with van der Waals surface area (Å²) in [6, 6.07) is 14.0. The third kappa shape index (κ3) is 2.68. The van der Waals surface area contributed by atoms with E-state index in [4.69, 9.17) is 0 Å². The van der Waals surface area contributed by atoms with E-state index in [9.17, 15) is 13.7 Å². The Balaban J connectivity index is 1.75. The average molecular weight is 381 g/mol. The lowest BCUT2D eigenvalue weighted by Crippen LogP contribution is -2.29. The van der Waals surface area contributed by atoms with Crippen LogP contribution >= 0.6 is 11.3 Å². The summed E-state index contributed by atoms with van der Waals surface area (Å²) in [6.45, 7) is 2.33. The first-order valence-electron chi connectivity index (χ1n) is 8.08. The number of hydrogen-bond donors (Lipinski definition) is 0. The summed E-state index contributed by atoms with van der Waals surface area (Å²) >= 11 is 1.59. The summed E-state index contributed by atoms with van der Waals surface area (Å²) in [5, 5.41) is 12.2. The summed E-state index contributed by atoms with van der Waals surface area (Å²) in [6.07, 6.45) is 0.639. The highest BCUT2D eigenvalue weighted by atomic mass is 32.2. The van der Waals surface area contributed by atoms with E-state index in [1.165, 1.54) is 16.4 Å². The summed E-state index contributed by atoms with van der Waals surface area (Å²) < 4.78 is 27.6. The van der Waals surface area contributed by atoms with Gasteiger partial charge in [0.25, 0.3) is 10.0 Å². The van der Waals surface area contributed by atoms with Crippen molar-refractivity contribution in [1.29, 1.82) is 5.26 Å².